The highest BCUT2D eigenvalue weighted by molar-refractivity contribution is 6.01. The van der Waals surface area contributed by atoms with Crippen LogP contribution < -0.4 is 5.32 Å². The summed E-state index contributed by atoms with van der Waals surface area (Å²) in [5.74, 6) is -0.470. The molecule has 27 heavy (non-hydrogen) atoms. The number of fused-ring (bicyclic) bond motifs is 2. The zero-order valence-corrected chi connectivity index (χ0v) is 15.7. The summed E-state index contributed by atoms with van der Waals surface area (Å²) in [4.78, 5) is 34.2. The quantitative estimate of drug-likeness (QED) is 0.898. The monoisotopic (exact) mass is 372 g/mol. The number of halogens is 1. The van der Waals surface area contributed by atoms with Crippen LogP contribution in [-0.4, -0.2) is 45.9 Å². The molecule has 4 rings (SSSR count). The van der Waals surface area contributed by atoms with Crippen molar-refractivity contribution < 1.29 is 15.4 Å². The lowest BCUT2D eigenvalue weighted by atomic mass is 9.85. The molecule has 2 atom stereocenters. The molecule has 1 aliphatic heterocycles. The predicted octanol–water partition coefficient (Wildman–Crippen LogP) is 3.13. The highest BCUT2D eigenvalue weighted by Crippen LogP contribution is 2.54. The molecule has 144 valence electrons. The molecular formula is C20H25FN4O2. The Labute approximate surface area is 159 Å². The Bertz CT molecular complexity index is 865. The largest absolute Gasteiger partial charge is 0.328 e. The highest BCUT2D eigenvalue weighted by atomic mass is 19.1. The molecule has 0 radical (unpaired) electrons. The van der Waals surface area contributed by atoms with E-state index in [1.807, 2.05) is 32.9 Å². The van der Waals surface area contributed by atoms with Crippen LogP contribution in [0.1, 0.15) is 43.2 Å². The molecule has 2 aromatic rings. The molecular weight excluding hydrogens is 347 g/mol. The number of aromatic nitrogens is 2. The summed E-state index contributed by atoms with van der Waals surface area (Å²) in [6.07, 6.45) is 2.43. The van der Waals surface area contributed by atoms with E-state index in [9.17, 15) is 14.0 Å². The van der Waals surface area contributed by atoms with Crippen LogP contribution in [0.5, 0.6) is 0 Å². The fourth-order valence-corrected chi connectivity index (χ4v) is 3.46. The number of rotatable bonds is 3. The van der Waals surface area contributed by atoms with Gasteiger partial charge in [0.05, 0.1) is 0 Å². The number of alkyl halides is 1. The van der Waals surface area contributed by atoms with E-state index >= 15 is 0 Å². The fraction of sp³-hybridized carbons (Fsp3) is 0.400. The first kappa shape index (κ1) is 18.9. The Kier molecular flexibility index (Phi) is 5.21. The van der Waals surface area contributed by atoms with E-state index in [2.05, 4.69) is 15.3 Å². The van der Waals surface area contributed by atoms with Crippen molar-refractivity contribution in [1.29, 1.82) is 0 Å². The van der Waals surface area contributed by atoms with Gasteiger partial charge in [-0.05, 0) is 31.0 Å². The van der Waals surface area contributed by atoms with Gasteiger partial charge in [0.1, 0.15) is 12.7 Å². The van der Waals surface area contributed by atoms with Gasteiger partial charge in [0.2, 0.25) is 11.9 Å². The number of nitrogens with one attached hydrogen (secondary N) is 1. The number of benzene rings is 1. The lowest BCUT2D eigenvalue weighted by molar-refractivity contribution is -0.117. The number of anilines is 1. The van der Waals surface area contributed by atoms with Crippen molar-refractivity contribution in [1.82, 2.24) is 14.9 Å². The fourth-order valence-electron chi connectivity index (χ4n) is 3.46. The van der Waals surface area contributed by atoms with E-state index in [4.69, 9.17) is 0 Å². The summed E-state index contributed by atoms with van der Waals surface area (Å²) in [5, 5.41) is 2.55. The molecule has 2 amide bonds. The van der Waals surface area contributed by atoms with Crippen molar-refractivity contribution in [2.75, 3.05) is 18.4 Å². The molecule has 1 saturated carbocycles. The van der Waals surface area contributed by atoms with Gasteiger partial charge < -0.3 is 4.90 Å². The van der Waals surface area contributed by atoms with Crippen LogP contribution in [0.15, 0.2) is 36.7 Å². The number of carbonyl (C=O) groups is 2. The van der Waals surface area contributed by atoms with Gasteiger partial charge in [0.25, 0.3) is 5.91 Å². The van der Waals surface area contributed by atoms with E-state index in [0.717, 1.165) is 11.1 Å². The molecule has 1 aromatic heterocycles. The Balaban J connectivity index is 0.000000906. The molecule has 0 saturated heterocycles. The third-order valence-corrected chi connectivity index (χ3v) is 4.84. The Morgan fingerprint density at radius 2 is 2.04 bits per heavy atom. The van der Waals surface area contributed by atoms with Crippen LogP contribution in [0.2, 0.25) is 0 Å². The number of carbonyl (C=O) groups excluding carboxylic acids is 2. The van der Waals surface area contributed by atoms with Crippen molar-refractivity contribution in [3.8, 4) is 0 Å². The van der Waals surface area contributed by atoms with Gasteiger partial charge >= 0.3 is 0 Å². The summed E-state index contributed by atoms with van der Waals surface area (Å²) in [6, 6.07) is 7.09. The van der Waals surface area contributed by atoms with Crippen LogP contribution in [0, 0.1) is 6.92 Å². The molecule has 1 spiro atoms. The zero-order chi connectivity index (χ0) is 19.6. The molecule has 1 fully saturated rings. The molecule has 7 heteroatoms. The number of amides is 2. The maximum absolute atomic E-state index is 14.2. The molecule has 2 heterocycles. The molecule has 6 nitrogen and oxygen atoms in total. The van der Waals surface area contributed by atoms with Crippen molar-refractivity contribution in [3.63, 3.8) is 0 Å². The predicted molar refractivity (Wildman–Crippen MR) is 102 cm³/mol. The summed E-state index contributed by atoms with van der Waals surface area (Å²) >= 11 is 0. The van der Waals surface area contributed by atoms with Gasteiger partial charge in [-0.25, -0.2) is 14.4 Å². The van der Waals surface area contributed by atoms with E-state index in [1.165, 1.54) is 17.3 Å². The topological polar surface area (TPSA) is 75.2 Å². The van der Waals surface area contributed by atoms with Gasteiger partial charge in [-0.2, -0.15) is 0 Å². The summed E-state index contributed by atoms with van der Waals surface area (Å²) in [6.45, 7) is 5.99. The minimum Gasteiger partial charge on any atom is -0.328 e. The first-order chi connectivity index (χ1) is 13.0. The van der Waals surface area contributed by atoms with Crippen LogP contribution in [0.4, 0.5) is 10.3 Å². The minimum atomic E-state index is -0.982. The van der Waals surface area contributed by atoms with Crippen LogP contribution in [-0.2, 0) is 10.2 Å². The van der Waals surface area contributed by atoms with E-state index in [1.54, 1.807) is 12.1 Å². The number of aryl methyl sites for hydroxylation is 1. The second-order valence-electron chi connectivity index (χ2n) is 6.66. The normalized spacial score (nSPS) is 22.6. The molecule has 1 N–H and O–H groups in total. The molecule has 2 aliphatic rings. The van der Waals surface area contributed by atoms with Crippen LogP contribution in [0.3, 0.4) is 0 Å². The first-order valence-corrected chi connectivity index (χ1v) is 9.11. The minimum absolute atomic E-state index is 0. The Morgan fingerprint density at radius 1 is 1.37 bits per heavy atom. The highest BCUT2D eigenvalue weighted by Gasteiger charge is 2.61. The third-order valence-electron chi connectivity index (χ3n) is 4.84. The standard InChI is InChI=1S/C18H17FN4O2.C2H6.H2/c1-11-3-4-12-13(7-11)18(8-14(18)19)10-23(16(12)25)9-15(24)22-17-20-5-2-6-21-17;1-2;/h2-7,14H,8-10H2,1H3,(H,20,21,22,24);1-2H3;1H/t14-,18-;;/m0../s1. The SMILES string of the molecule is CC.Cc1ccc2c(c1)[C@]1(C[C@@H]1F)CN(CC(=O)Nc1ncccn1)C2=O.[HH]. The maximum atomic E-state index is 14.2. The van der Waals surface area contributed by atoms with E-state index < -0.39 is 17.5 Å². The van der Waals surface area contributed by atoms with Crippen molar-refractivity contribution in [2.24, 2.45) is 0 Å². The zero-order valence-electron chi connectivity index (χ0n) is 15.7. The lowest BCUT2D eigenvalue weighted by Gasteiger charge is -2.34. The molecule has 0 unspecified atom stereocenters. The van der Waals surface area contributed by atoms with Crippen molar-refractivity contribution >= 4 is 17.8 Å². The molecule has 0 bridgehead atoms. The molecule has 1 aliphatic carbocycles. The third kappa shape index (κ3) is 3.54. The summed E-state index contributed by atoms with van der Waals surface area (Å²) < 4.78 is 14.2. The van der Waals surface area contributed by atoms with Crippen LogP contribution >= 0.6 is 0 Å². The summed E-state index contributed by atoms with van der Waals surface area (Å²) in [5.41, 5.74) is 1.59. The van der Waals surface area contributed by atoms with Gasteiger partial charge in [0, 0.05) is 31.3 Å². The Morgan fingerprint density at radius 3 is 2.67 bits per heavy atom. The van der Waals surface area contributed by atoms with Crippen molar-refractivity contribution in [2.45, 2.75) is 38.8 Å². The van der Waals surface area contributed by atoms with Gasteiger partial charge in [-0.15, -0.1) is 0 Å². The second kappa shape index (κ2) is 7.42. The summed E-state index contributed by atoms with van der Waals surface area (Å²) in [7, 11) is 0. The van der Waals surface area contributed by atoms with Gasteiger partial charge in [0.15, 0.2) is 0 Å². The Hall–Kier alpha value is -2.83. The van der Waals surface area contributed by atoms with Crippen molar-refractivity contribution in [3.05, 3.63) is 53.3 Å². The smallest absolute Gasteiger partial charge is 0.254 e. The van der Waals surface area contributed by atoms with Gasteiger partial charge in [-0.3, -0.25) is 14.9 Å². The first-order valence-electron chi connectivity index (χ1n) is 9.11. The number of hydrogen-bond donors (Lipinski definition) is 1. The molecule has 1 aromatic carbocycles. The second-order valence-corrected chi connectivity index (χ2v) is 6.66. The van der Waals surface area contributed by atoms with Crippen LogP contribution in [0.25, 0.3) is 0 Å². The average Bonchev–Trinajstić information content (AvgIpc) is 3.32. The van der Waals surface area contributed by atoms with E-state index in [-0.39, 0.29) is 26.4 Å². The maximum Gasteiger partial charge on any atom is 0.254 e. The number of hydrogen-bond acceptors (Lipinski definition) is 4. The average molecular weight is 372 g/mol. The number of nitrogens with zero attached hydrogens (tertiary/aromatic N) is 3. The lowest BCUT2D eigenvalue weighted by Crippen LogP contribution is -2.47. The van der Waals surface area contributed by atoms with E-state index in [0.29, 0.717) is 12.0 Å². The van der Waals surface area contributed by atoms with Gasteiger partial charge in [-0.1, -0.05) is 31.5 Å².